The van der Waals surface area contributed by atoms with Crippen LogP contribution >= 0.6 is 15.9 Å². The van der Waals surface area contributed by atoms with Crippen LogP contribution in [0.1, 0.15) is 87.7 Å². The Hall–Kier alpha value is -0.300. The van der Waals surface area contributed by atoms with E-state index in [0.717, 1.165) is 5.92 Å². The van der Waals surface area contributed by atoms with E-state index in [-0.39, 0.29) is 0 Å². The Bertz CT molecular complexity index is 393. The van der Waals surface area contributed by atoms with Crippen molar-refractivity contribution in [3.63, 3.8) is 0 Å². The summed E-state index contributed by atoms with van der Waals surface area (Å²) in [6, 6.07) is 7.05. The van der Waals surface area contributed by atoms with Crippen molar-refractivity contribution < 1.29 is 0 Å². The van der Waals surface area contributed by atoms with Gasteiger partial charge in [-0.1, -0.05) is 82.1 Å². The fraction of sp³-hybridized carbons (Fsp3) is 0.667. The van der Waals surface area contributed by atoms with E-state index in [4.69, 9.17) is 0 Å². The van der Waals surface area contributed by atoms with Gasteiger partial charge < -0.3 is 0 Å². The standard InChI is InChI=1S/C18H29Br/c1-7-14(6)10-18(19)16-9-8-15(12(2)3)11-17(16)13(4)5/h8-9,11-14,18H,7,10H2,1-6H3. The number of hydrogen-bond acceptors (Lipinski definition) is 0. The highest BCUT2D eigenvalue weighted by atomic mass is 79.9. The summed E-state index contributed by atoms with van der Waals surface area (Å²) in [7, 11) is 0. The largest absolute Gasteiger partial charge is 0.0839 e. The predicted molar refractivity (Wildman–Crippen MR) is 90.4 cm³/mol. The molecular weight excluding hydrogens is 296 g/mol. The second-order valence-corrected chi connectivity index (χ2v) is 7.52. The quantitative estimate of drug-likeness (QED) is 0.504. The minimum absolute atomic E-state index is 0.487. The molecule has 0 aliphatic carbocycles. The Balaban J connectivity index is 3.05. The summed E-state index contributed by atoms with van der Waals surface area (Å²) in [6.45, 7) is 13.7. The Morgan fingerprint density at radius 1 is 0.947 bits per heavy atom. The minimum Gasteiger partial charge on any atom is -0.0839 e. The summed E-state index contributed by atoms with van der Waals surface area (Å²) < 4.78 is 0. The van der Waals surface area contributed by atoms with Crippen molar-refractivity contribution in [2.75, 3.05) is 0 Å². The molecule has 0 radical (unpaired) electrons. The van der Waals surface area contributed by atoms with Crippen molar-refractivity contribution in [3.8, 4) is 0 Å². The minimum atomic E-state index is 0.487. The maximum atomic E-state index is 3.91. The van der Waals surface area contributed by atoms with E-state index >= 15 is 0 Å². The van der Waals surface area contributed by atoms with Crippen LogP contribution in [0.25, 0.3) is 0 Å². The first-order chi connectivity index (χ1) is 8.86. The van der Waals surface area contributed by atoms with Crippen molar-refractivity contribution in [2.24, 2.45) is 5.92 Å². The molecule has 0 spiro atoms. The van der Waals surface area contributed by atoms with E-state index in [2.05, 4.69) is 75.7 Å². The van der Waals surface area contributed by atoms with E-state index in [1.165, 1.54) is 29.5 Å². The molecule has 0 nitrogen and oxygen atoms in total. The molecule has 0 aliphatic rings. The van der Waals surface area contributed by atoms with Crippen molar-refractivity contribution in [2.45, 2.75) is 71.0 Å². The summed E-state index contributed by atoms with van der Waals surface area (Å²) in [6.07, 6.45) is 2.47. The van der Waals surface area contributed by atoms with Crippen LogP contribution in [0.3, 0.4) is 0 Å². The molecule has 0 saturated heterocycles. The maximum Gasteiger partial charge on any atom is 0.0400 e. The lowest BCUT2D eigenvalue weighted by Gasteiger charge is -2.22. The van der Waals surface area contributed by atoms with Crippen LogP contribution in [-0.4, -0.2) is 0 Å². The molecule has 1 heteroatoms. The summed E-state index contributed by atoms with van der Waals surface area (Å²) in [5.74, 6) is 1.97. The summed E-state index contributed by atoms with van der Waals surface area (Å²) in [5, 5.41) is 0. The molecule has 0 aliphatic heterocycles. The van der Waals surface area contributed by atoms with Crippen molar-refractivity contribution in [3.05, 3.63) is 34.9 Å². The SMILES string of the molecule is CCC(C)CC(Br)c1ccc(C(C)C)cc1C(C)C. The number of halogens is 1. The van der Waals surface area contributed by atoms with Gasteiger partial charge in [0.1, 0.15) is 0 Å². The summed E-state index contributed by atoms with van der Waals surface area (Å²) in [4.78, 5) is 0.487. The predicted octanol–water partition coefficient (Wildman–Crippen LogP) is 6.81. The number of rotatable bonds is 6. The van der Waals surface area contributed by atoms with Crippen LogP contribution < -0.4 is 0 Å². The van der Waals surface area contributed by atoms with Crippen molar-refractivity contribution >= 4 is 15.9 Å². The topological polar surface area (TPSA) is 0 Å². The Morgan fingerprint density at radius 2 is 1.58 bits per heavy atom. The van der Waals surface area contributed by atoms with Crippen LogP contribution in [0.4, 0.5) is 0 Å². The van der Waals surface area contributed by atoms with Gasteiger partial charge in [0, 0.05) is 4.83 Å². The van der Waals surface area contributed by atoms with Crippen LogP contribution in [-0.2, 0) is 0 Å². The molecule has 0 saturated carbocycles. The number of alkyl halides is 1. The van der Waals surface area contributed by atoms with E-state index in [1.54, 1.807) is 0 Å². The van der Waals surface area contributed by atoms with Crippen LogP contribution in [0.15, 0.2) is 18.2 Å². The average Bonchev–Trinajstić information content (AvgIpc) is 2.37. The molecule has 1 aromatic rings. The number of hydrogen-bond donors (Lipinski definition) is 0. The van der Waals surface area contributed by atoms with Gasteiger partial charge in [0.2, 0.25) is 0 Å². The first-order valence-electron chi connectivity index (χ1n) is 7.64. The normalized spacial score (nSPS) is 15.0. The second-order valence-electron chi connectivity index (χ2n) is 6.41. The molecule has 0 amide bonds. The highest BCUT2D eigenvalue weighted by Crippen LogP contribution is 2.36. The zero-order chi connectivity index (χ0) is 14.6. The van der Waals surface area contributed by atoms with Gasteiger partial charge in [-0.15, -0.1) is 0 Å². The number of benzene rings is 1. The lowest BCUT2D eigenvalue weighted by molar-refractivity contribution is 0.512. The molecule has 1 rings (SSSR count). The first kappa shape index (κ1) is 16.8. The van der Waals surface area contributed by atoms with E-state index in [9.17, 15) is 0 Å². The average molecular weight is 325 g/mol. The molecule has 0 bridgehead atoms. The molecule has 2 atom stereocenters. The second kappa shape index (κ2) is 7.47. The zero-order valence-corrected chi connectivity index (χ0v) is 14.9. The van der Waals surface area contributed by atoms with E-state index in [0.29, 0.717) is 16.7 Å². The van der Waals surface area contributed by atoms with Gasteiger partial charge in [-0.3, -0.25) is 0 Å². The molecule has 108 valence electrons. The third kappa shape index (κ3) is 4.63. The van der Waals surface area contributed by atoms with E-state index in [1.807, 2.05) is 0 Å². The molecule has 0 aromatic heterocycles. The molecule has 0 heterocycles. The highest BCUT2D eigenvalue weighted by Gasteiger charge is 2.17. The Kier molecular flexibility index (Phi) is 6.59. The lowest BCUT2D eigenvalue weighted by Crippen LogP contribution is -2.04. The first-order valence-corrected chi connectivity index (χ1v) is 8.56. The summed E-state index contributed by atoms with van der Waals surface area (Å²) >= 11 is 3.91. The van der Waals surface area contributed by atoms with Crippen LogP contribution in [0, 0.1) is 5.92 Å². The fourth-order valence-electron chi connectivity index (χ4n) is 2.38. The third-order valence-electron chi connectivity index (χ3n) is 4.04. The molecule has 2 unspecified atom stereocenters. The fourth-order valence-corrected chi connectivity index (χ4v) is 3.44. The van der Waals surface area contributed by atoms with Gasteiger partial charge >= 0.3 is 0 Å². The zero-order valence-electron chi connectivity index (χ0n) is 13.3. The highest BCUT2D eigenvalue weighted by molar-refractivity contribution is 9.09. The third-order valence-corrected chi connectivity index (χ3v) is 4.91. The maximum absolute atomic E-state index is 3.91. The van der Waals surface area contributed by atoms with Crippen molar-refractivity contribution in [1.29, 1.82) is 0 Å². The molecular formula is C18H29Br. The van der Waals surface area contributed by atoms with Gasteiger partial charge in [-0.05, 0) is 40.9 Å². The smallest absolute Gasteiger partial charge is 0.0400 e. The van der Waals surface area contributed by atoms with E-state index < -0.39 is 0 Å². The van der Waals surface area contributed by atoms with Gasteiger partial charge in [0.25, 0.3) is 0 Å². The van der Waals surface area contributed by atoms with Crippen molar-refractivity contribution in [1.82, 2.24) is 0 Å². The Labute approximate surface area is 128 Å². The molecule has 0 N–H and O–H groups in total. The van der Waals surface area contributed by atoms with Gasteiger partial charge in [0.15, 0.2) is 0 Å². The molecule has 1 aromatic carbocycles. The Morgan fingerprint density at radius 3 is 2.05 bits per heavy atom. The van der Waals surface area contributed by atoms with Crippen LogP contribution in [0.5, 0.6) is 0 Å². The van der Waals surface area contributed by atoms with Gasteiger partial charge in [0.05, 0.1) is 0 Å². The molecule has 0 fully saturated rings. The van der Waals surface area contributed by atoms with Gasteiger partial charge in [-0.25, -0.2) is 0 Å². The monoisotopic (exact) mass is 324 g/mol. The van der Waals surface area contributed by atoms with Crippen LogP contribution in [0.2, 0.25) is 0 Å². The molecule has 19 heavy (non-hydrogen) atoms. The lowest BCUT2D eigenvalue weighted by atomic mass is 9.88. The summed E-state index contributed by atoms with van der Waals surface area (Å²) in [5.41, 5.74) is 4.45. The van der Waals surface area contributed by atoms with Gasteiger partial charge in [-0.2, -0.15) is 0 Å².